The lowest BCUT2D eigenvalue weighted by Crippen LogP contribution is -2.21. The first-order valence-corrected chi connectivity index (χ1v) is 12.0. The normalized spacial score (nSPS) is 10.6. The first-order chi connectivity index (χ1) is 18.9. The fourth-order valence-corrected chi connectivity index (χ4v) is 3.76. The van der Waals surface area contributed by atoms with Gasteiger partial charge in [-0.2, -0.15) is 15.1 Å². The Bertz CT molecular complexity index is 1620. The molecule has 5 aromatic rings. The number of hydrogen-bond donors (Lipinski definition) is 4. The van der Waals surface area contributed by atoms with Gasteiger partial charge in [-0.25, -0.2) is 4.79 Å². The zero-order chi connectivity index (χ0) is 27.4. The molecule has 3 heterocycles. The van der Waals surface area contributed by atoms with E-state index in [1.807, 2.05) is 31.3 Å². The summed E-state index contributed by atoms with van der Waals surface area (Å²) >= 11 is 0. The largest absolute Gasteiger partial charge is 0.345 e. The van der Waals surface area contributed by atoms with Gasteiger partial charge in [0.25, 0.3) is 5.91 Å². The zero-order valence-electron chi connectivity index (χ0n) is 21.5. The van der Waals surface area contributed by atoms with E-state index in [1.165, 1.54) is 4.90 Å². The highest BCUT2D eigenvalue weighted by Gasteiger charge is 2.13. The maximum atomic E-state index is 12.2. The average molecular weight is 523 g/mol. The number of urea groups is 1. The fourth-order valence-electron chi connectivity index (χ4n) is 3.76. The minimum Gasteiger partial charge on any atom is -0.345 e. The Balaban J connectivity index is 1.31. The Hall–Kier alpha value is -5.52. The summed E-state index contributed by atoms with van der Waals surface area (Å²) in [7, 11) is 5.24. The number of aryl methyl sites for hydroxylation is 1. The predicted molar refractivity (Wildman–Crippen MR) is 151 cm³/mol. The van der Waals surface area contributed by atoms with Crippen molar-refractivity contribution in [1.82, 2.24) is 29.6 Å². The topological polar surface area (TPSA) is 142 Å². The molecule has 0 aliphatic heterocycles. The van der Waals surface area contributed by atoms with Crippen LogP contribution in [0.15, 0.2) is 79.3 Å². The highest BCUT2D eigenvalue weighted by Crippen LogP contribution is 2.27. The van der Waals surface area contributed by atoms with Gasteiger partial charge in [-0.05, 0) is 60.7 Å². The van der Waals surface area contributed by atoms with Crippen molar-refractivity contribution in [3.05, 3.63) is 84.8 Å². The summed E-state index contributed by atoms with van der Waals surface area (Å²) in [5.74, 6) is 0.857. The maximum Gasteiger partial charge on any atom is 0.323 e. The maximum absolute atomic E-state index is 12.2. The van der Waals surface area contributed by atoms with Crippen molar-refractivity contribution in [2.75, 3.05) is 35.4 Å². The van der Waals surface area contributed by atoms with E-state index < -0.39 is 0 Å². The molecule has 0 saturated heterocycles. The minimum absolute atomic E-state index is 0.0694. The average Bonchev–Trinajstić information content (AvgIpc) is 3.31. The summed E-state index contributed by atoms with van der Waals surface area (Å²) in [5.41, 5.74) is 3.93. The van der Waals surface area contributed by atoms with Gasteiger partial charge in [0.1, 0.15) is 5.82 Å². The molecular weight excluding hydrogens is 496 g/mol. The molecule has 0 bridgehead atoms. The molecule has 12 nitrogen and oxygen atoms in total. The number of rotatable bonds is 7. The molecule has 5 rings (SSSR count). The molecule has 0 aliphatic carbocycles. The second kappa shape index (κ2) is 10.8. The van der Waals surface area contributed by atoms with Crippen LogP contribution >= 0.6 is 0 Å². The number of carbonyl (C=O) groups is 2. The Morgan fingerprint density at radius 1 is 0.795 bits per heavy atom. The molecule has 0 spiro atoms. The van der Waals surface area contributed by atoms with Crippen molar-refractivity contribution < 1.29 is 9.59 Å². The Morgan fingerprint density at radius 2 is 1.46 bits per heavy atom. The minimum atomic E-state index is -0.372. The van der Waals surface area contributed by atoms with Crippen LogP contribution in [0.25, 0.3) is 11.0 Å². The number of hydrogen-bond acceptors (Lipinski definition) is 8. The standard InChI is InChI=1S/C27H26N10O2/c1-36(2)25(38)17-6-8-18(9-7-17)30-23-22-16-29-37(3)24(22)35-26(34-23)31-19-10-12-20(13-11-19)32-27(39)33-21-5-4-14-28-15-21/h4-16H,1-3H3,(H2,32,33,39)(H2,30,31,34,35). The van der Waals surface area contributed by atoms with Gasteiger partial charge >= 0.3 is 6.03 Å². The number of nitrogens with zero attached hydrogens (tertiary/aromatic N) is 6. The Labute approximate surface area is 224 Å². The second-order valence-corrected chi connectivity index (χ2v) is 8.83. The van der Waals surface area contributed by atoms with Crippen LogP contribution in [0, 0.1) is 0 Å². The molecule has 0 atom stereocenters. The Kier molecular flexibility index (Phi) is 6.99. The van der Waals surface area contributed by atoms with Gasteiger partial charge in [0, 0.05) is 50.0 Å². The van der Waals surface area contributed by atoms with Crippen molar-refractivity contribution >= 4 is 57.5 Å². The number of carbonyl (C=O) groups excluding carboxylic acids is 2. The molecule has 4 N–H and O–H groups in total. The van der Waals surface area contributed by atoms with Crippen molar-refractivity contribution in [1.29, 1.82) is 0 Å². The first kappa shape index (κ1) is 25.1. The summed E-state index contributed by atoms with van der Waals surface area (Å²) in [6.07, 6.45) is 4.90. The smallest absolute Gasteiger partial charge is 0.323 e. The molecule has 0 unspecified atom stereocenters. The molecule has 196 valence electrons. The molecule has 3 aromatic heterocycles. The van der Waals surface area contributed by atoms with Crippen LogP contribution in [0.1, 0.15) is 10.4 Å². The van der Waals surface area contributed by atoms with Crippen LogP contribution in [0.3, 0.4) is 0 Å². The van der Waals surface area contributed by atoms with E-state index in [4.69, 9.17) is 0 Å². The number of anilines is 6. The van der Waals surface area contributed by atoms with Gasteiger partial charge in [0.2, 0.25) is 5.95 Å². The van der Waals surface area contributed by atoms with Gasteiger partial charge in [0.05, 0.1) is 23.5 Å². The molecule has 3 amide bonds. The van der Waals surface area contributed by atoms with Crippen molar-refractivity contribution in [2.45, 2.75) is 0 Å². The van der Waals surface area contributed by atoms with E-state index in [2.05, 4.69) is 41.3 Å². The van der Waals surface area contributed by atoms with E-state index in [0.29, 0.717) is 34.4 Å². The van der Waals surface area contributed by atoms with Crippen LogP contribution in [0.4, 0.5) is 39.3 Å². The first-order valence-electron chi connectivity index (χ1n) is 12.0. The number of fused-ring (bicyclic) bond motifs is 1. The van der Waals surface area contributed by atoms with E-state index in [1.54, 1.807) is 73.8 Å². The van der Waals surface area contributed by atoms with Gasteiger partial charge in [-0.15, -0.1) is 0 Å². The van der Waals surface area contributed by atoms with Gasteiger partial charge in [0.15, 0.2) is 5.65 Å². The number of aromatic nitrogens is 5. The molecule has 39 heavy (non-hydrogen) atoms. The lowest BCUT2D eigenvalue weighted by atomic mass is 10.2. The highest BCUT2D eigenvalue weighted by atomic mass is 16.2. The Morgan fingerprint density at radius 3 is 2.15 bits per heavy atom. The predicted octanol–water partition coefficient (Wildman–Crippen LogP) is 4.59. The van der Waals surface area contributed by atoms with Gasteiger partial charge < -0.3 is 26.2 Å². The molecule has 12 heteroatoms. The fraction of sp³-hybridized carbons (Fsp3) is 0.111. The quantitative estimate of drug-likeness (QED) is 0.243. The number of pyridine rings is 1. The van der Waals surface area contributed by atoms with Crippen LogP contribution < -0.4 is 21.3 Å². The summed E-state index contributed by atoms with van der Waals surface area (Å²) in [6.45, 7) is 0. The third-order valence-electron chi connectivity index (χ3n) is 5.71. The lowest BCUT2D eigenvalue weighted by molar-refractivity contribution is 0.0827. The number of nitrogens with one attached hydrogen (secondary N) is 4. The van der Waals surface area contributed by atoms with Gasteiger partial charge in [-0.3, -0.25) is 14.5 Å². The van der Waals surface area contributed by atoms with E-state index in [0.717, 1.165) is 16.8 Å². The van der Waals surface area contributed by atoms with Crippen molar-refractivity contribution in [3.8, 4) is 0 Å². The molecule has 0 saturated carbocycles. The summed E-state index contributed by atoms with van der Waals surface area (Å²) in [5, 5.41) is 17.1. The summed E-state index contributed by atoms with van der Waals surface area (Å²) < 4.78 is 1.67. The summed E-state index contributed by atoms with van der Waals surface area (Å²) in [4.78, 5) is 39.2. The van der Waals surface area contributed by atoms with E-state index in [9.17, 15) is 9.59 Å². The number of benzene rings is 2. The number of amides is 3. The van der Waals surface area contributed by atoms with E-state index >= 15 is 0 Å². The zero-order valence-corrected chi connectivity index (χ0v) is 21.5. The molecule has 2 aromatic carbocycles. The molecule has 0 radical (unpaired) electrons. The molecule has 0 fully saturated rings. The van der Waals surface area contributed by atoms with Crippen molar-refractivity contribution in [3.63, 3.8) is 0 Å². The van der Waals surface area contributed by atoms with Crippen LogP contribution in [0.2, 0.25) is 0 Å². The summed E-state index contributed by atoms with van der Waals surface area (Å²) in [6, 6.07) is 17.4. The van der Waals surface area contributed by atoms with Crippen LogP contribution in [-0.4, -0.2) is 55.7 Å². The van der Waals surface area contributed by atoms with Crippen molar-refractivity contribution in [2.24, 2.45) is 7.05 Å². The third kappa shape index (κ3) is 5.91. The molecule has 0 aliphatic rings. The molecular formula is C27H26N10O2. The monoisotopic (exact) mass is 522 g/mol. The second-order valence-electron chi connectivity index (χ2n) is 8.83. The van der Waals surface area contributed by atoms with Crippen LogP contribution in [0.5, 0.6) is 0 Å². The van der Waals surface area contributed by atoms with Crippen LogP contribution in [-0.2, 0) is 7.05 Å². The lowest BCUT2D eigenvalue weighted by Gasteiger charge is -2.13. The third-order valence-corrected chi connectivity index (χ3v) is 5.71. The highest BCUT2D eigenvalue weighted by molar-refractivity contribution is 5.99. The van der Waals surface area contributed by atoms with E-state index in [-0.39, 0.29) is 11.9 Å². The SMILES string of the molecule is CN(C)C(=O)c1ccc(Nc2nc(Nc3ccc(NC(=O)Nc4cccnc4)cc3)nc3c2cnn3C)cc1. The van der Waals surface area contributed by atoms with Gasteiger partial charge in [-0.1, -0.05) is 0 Å².